The Morgan fingerprint density at radius 1 is 1.07 bits per heavy atom. The smallest absolute Gasteiger partial charge is 0.416 e. The molecule has 0 aliphatic heterocycles. The summed E-state index contributed by atoms with van der Waals surface area (Å²) in [5.74, 6) is -1.89. The number of carbonyl (C=O) groups excluding carboxylic acids is 2. The average molecular weight is 383 g/mol. The zero-order valence-corrected chi connectivity index (χ0v) is 14.3. The maximum absolute atomic E-state index is 13.3. The highest BCUT2D eigenvalue weighted by molar-refractivity contribution is 5.85. The van der Waals surface area contributed by atoms with Gasteiger partial charge >= 0.3 is 12.1 Å². The van der Waals surface area contributed by atoms with Gasteiger partial charge < -0.3 is 10.1 Å². The van der Waals surface area contributed by atoms with Gasteiger partial charge in [0, 0.05) is 6.42 Å². The van der Waals surface area contributed by atoms with Gasteiger partial charge in [-0.2, -0.15) is 13.2 Å². The number of rotatable bonds is 6. The quantitative estimate of drug-likeness (QED) is 0.615. The number of esters is 1. The van der Waals surface area contributed by atoms with Gasteiger partial charge in [0.15, 0.2) is 0 Å². The van der Waals surface area contributed by atoms with E-state index in [1.165, 1.54) is 30.3 Å². The molecule has 2 rings (SSSR count). The van der Waals surface area contributed by atoms with Crippen molar-refractivity contribution in [2.75, 3.05) is 7.11 Å². The number of benzene rings is 2. The third-order valence-corrected chi connectivity index (χ3v) is 3.77. The highest BCUT2D eigenvalue weighted by Crippen LogP contribution is 2.29. The first kappa shape index (κ1) is 20.4. The molecule has 2 aromatic carbocycles. The fraction of sp³-hybridized carbons (Fsp3) is 0.263. The molecular weight excluding hydrogens is 366 g/mol. The summed E-state index contributed by atoms with van der Waals surface area (Å²) >= 11 is 0. The summed E-state index contributed by atoms with van der Waals surface area (Å²) in [6, 6.07) is 8.78. The molecule has 0 saturated heterocycles. The lowest BCUT2D eigenvalue weighted by molar-refractivity contribution is -0.145. The number of hydrogen-bond acceptors (Lipinski definition) is 3. The number of carbonyl (C=O) groups is 2. The predicted octanol–water partition coefficient (Wildman–Crippen LogP) is 3.29. The van der Waals surface area contributed by atoms with Crippen LogP contribution in [0.5, 0.6) is 0 Å². The van der Waals surface area contributed by atoms with E-state index in [1.807, 2.05) is 0 Å². The fourth-order valence-electron chi connectivity index (χ4n) is 2.52. The Labute approximate surface area is 153 Å². The van der Waals surface area contributed by atoms with E-state index in [-0.39, 0.29) is 18.4 Å². The average Bonchev–Trinajstić information content (AvgIpc) is 2.60. The second-order valence-electron chi connectivity index (χ2n) is 5.85. The molecule has 8 heteroatoms. The molecule has 2 aromatic rings. The zero-order chi connectivity index (χ0) is 20.0. The molecule has 27 heavy (non-hydrogen) atoms. The van der Waals surface area contributed by atoms with Crippen molar-refractivity contribution in [3.8, 4) is 0 Å². The second-order valence-corrected chi connectivity index (χ2v) is 5.85. The Kier molecular flexibility index (Phi) is 6.55. The largest absolute Gasteiger partial charge is 0.467 e. The third-order valence-electron chi connectivity index (χ3n) is 3.77. The van der Waals surface area contributed by atoms with Crippen molar-refractivity contribution in [3.05, 3.63) is 71.0 Å². The Hall–Kier alpha value is -2.90. The molecule has 0 unspecified atom stereocenters. The van der Waals surface area contributed by atoms with Gasteiger partial charge in [0.05, 0.1) is 19.1 Å². The first-order valence-corrected chi connectivity index (χ1v) is 7.97. The van der Waals surface area contributed by atoms with E-state index in [4.69, 9.17) is 0 Å². The van der Waals surface area contributed by atoms with Crippen LogP contribution < -0.4 is 5.32 Å². The molecule has 1 atom stereocenters. The monoisotopic (exact) mass is 383 g/mol. The highest BCUT2D eigenvalue weighted by atomic mass is 19.4. The SMILES string of the molecule is COC(=O)[C@@H](Cc1cccc(F)c1)NC(=O)Cc1cccc(C(F)(F)F)c1. The Morgan fingerprint density at radius 3 is 2.37 bits per heavy atom. The van der Waals surface area contributed by atoms with Gasteiger partial charge in [-0.3, -0.25) is 4.79 Å². The van der Waals surface area contributed by atoms with Crippen LogP contribution in [0.3, 0.4) is 0 Å². The lowest BCUT2D eigenvalue weighted by Crippen LogP contribution is -2.43. The molecule has 144 valence electrons. The number of alkyl halides is 3. The molecule has 0 saturated carbocycles. The summed E-state index contributed by atoms with van der Waals surface area (Å²) < 4.78 is 56.2. The van der Waals surface area contributed by atoms with Gasteiger partial charge in [-0.25, -0.2) is 9.18 Å². The van der Waals surface area contributed by atoms with E-state index in [0.29, 0.717) is 5.56 Å². The highest BCUT2D eigenvalue weighted by Gasteiger charge is 2.30. The lowest BCUT2D eigenvalue weighted by Gasteiger charge is -2.17. The van der Waals surface area contributed by atoms with Crippen LogP contribution in [0.25, 0.3) is 0 Å². The van der Waals surface area contributed by atoms with E-state index in [2.05, 4.69) is 10.1 Å². The molecule has 0 heterocycles. The normalized spacial score (nSPS) is 12.3. The van der Waals surface area contributed by atoms with Crippen molar-refractivity contribution in [1.82, 2.24) is 5.32 Å². The minimum atomic E-state index is -4.52. The van der Waals surface area contributed by atoms with Crippen LogP contribution in [0.1, 0.15) is 16.7 Å². The maximum Gasteiger partial charge on any atom is 0.416 e. The molecule has 1 amide bonds. The van der Waals surface area contributed by atoms with Crippen molar-refractivity contribution in [3.63, 3.8) is 0 Å². The molecule has 0 radical (unpaired) electrons. The summed E-state index contributed by atoms with van der Waals surface area (Å²) in [5, 5.41) is 2.43. The van der Waals surface area contributed by atoms with Crippen molar-refractivity contribution in [2.24, 2.45) is 0 Å². The molecular formula is C19H17F4NO3. The van der Waals surface area contributed by atoms with Gasteiger partial charge in [0.2, 0.25) is 5.91 Å². The molecule has 1 N–H and O–H groups in total. The minimum absolute atomic E-state index is 0.0151. The summed E-state index contributed by atoms with van der Waals surface area (Å²) in [6.07, 6.45) is -4.88. The van der Waals surface area contributed by atoms with Gasteiger partial charge in [0.1, 0.15) is 11.9 Å². The fourth-order valence-corrected chi connectivity index (χ4v) is 2.52. The molecule has 0 aliphatic carbocycles. The summed E-state index contributed by atoms with van der Waals surface area (Å²) in [7, 11) is 1.14. The standard InChI is InChI=1S/C19H17F4NO3/c1-27-18(26)16(10-13-5-3-7-15(20)9-13)24-17(25)11-12-4-2-6-14(8-12)19(21,22)23/h2-9,16H,10-11H2,1H3,(H,24,25)/t16-/m1/s1. The van der Waals surface area contributed by atoms with Crippen LogP contribution in [0.4, 0.5) is 17.6 Å². The lowest BCUT2D eigenvalue weighted by atomic mass is 10.0. The zero-order valence-electron chi connectivity index (χ0n) is 14.3. The molecule has 0 bridgehead atoms. The second kappa shape index (κ2) is 8.66. The number of hydrogen-bond donors (Lipinski definition) is 1. The van der Waals surface area contributed by atoms with Crippen LogP contribution >= 0.6 is 0 Å². The van der Waals surface area contributed by atoms with Crippen LogP contribution in [-0.4, -0.2) is 25.0 Å². The van der Waals surface area contributed by atoms with Crippen LogP contribution in [0, 0.1) is 5.82 Å². The number of halogens is 4. The van der Waals surface area contributed by atoms with E-state index >= 15 is 0 Å². The molecule has 4 nitrogen and oxygen atoms in total. The van der Waals surface area contributed by atoms with Gasteiger partial charge in [-0.05, 0) is 29.3 Å². The summed E-state index contributed by atoms with van der Waals surface area (Å²) in [4.78, 5) is 24.1. The van der Waals surface area contributed by atoms with Crippen LogP contribution in [0.2, 0.25) is 0 Å². The molecule has 0 aliphatic rings. The maximum atomic E-state index is 13.3. The minimum Gasteiger partial charge on any atom is -0.467 e. The van der Waals surface area contributed by atoms with Crippen molar-refractivity contribution in [1.29, 1.82) is 0 Å². The summed E-state index contributed by atoms with van der Waals surface area (Å²) in [5.41, 5.74) is -0.251. The Balaban J connectivity index is 2.09. The molecule has 0 spiro atoms. The van der Waals surface area contributed by atoms with Gasteiger partial charge in [-0.1, -0.05) is 30.3 Å². The van der Waals surface area contributed by atoms with Crippen molar-refractivity contribution in [2.45, 2.75) is 25.1 Å². The summed E-state index contributed by atoms with van der Waals surface area (Å²) in [6.45, 7) is 0. The van der Waals surface area contributed by atoms with Gasteiger partial charge in [0.25, 0.3) is 0 Å². The van der Waals surface area contributed by atoms with Crippen molar-refractivity contribution >= 4 is 11.9 Å². The third kappa shape index (κ3) is 6.09. The molecule has 0 aromatic heterocycles. The topological polar surface area (TPSA) is 55.4 Å². The number of ether oxygens (including phenoxy) is 1. The Bertz CT molecular complexity index is 821. The van der Waals surface area contributed by atoms with E-state index in [0.717, 1.165) is 19.2 Å². The number of amides is 1. The predicted molar refractivity (Wildman–Crippen MR) is 89.2 cm³/mol. The molecule has 0 fully saturated rings. The van der Waals surface area contributed by atoms with E-state index < -0.39 is 35.5 Å². The Morgan fingerprint density at radius 2 is 1.74 bits per heavy atom. The van der Waals surface area contributed by atoms with Gasteiger partial charge in [-0.15, -0.1) is 0 Å². The number of nitrogens with one attached hydrogen (secondary N) is 1. The van der Waals surface area contributed by atoms with E-state index in [1.54, 1.807) is 6.07 Å². The first-order valence-electron chi connectivity index (χ1n) is 7.97. The van der Waals surface area contributed by atoms with E-state index in [9.17, 15) is 27.2 Å². The van der Waals surface area contributed by atoms with Crippen LogP contribution in [-0.2, 0) is 33.3 Å². The first-order chi connectivity index (χ1) is 12.7. The number of methoxy groups -OCH3 is 1. The van der Waals surface area contributed by atoms with Crippen molar-refractivity contribution < 1.29 is 31.9 Å². The van der Waals surface area contributed by atoms with Crippen LogP contribution in [0.15, 0.2) is 48.5 Å².